The van der Waals surface area contributed by atoms with Gasteiger partial charge in [0, 0.05) is 11.8 Å². The van der Waals surface area contributed by atoms with Crippen LogP contribution in [0.1, 0.15) is 12.6 Å². The normalized spacial score (nSPS) is 19.6. The van der Waals surface area contributed by atoms with Crippen molar-refractivity contribution in [3.8, 4) is 5.75 Å². The van der Waals surface area contributed by atoms with Crippen molar-refractivity contribution in [3.63, 3.8) is 0 Å². The largest absolute Gasteiger partial charge is 0.511 e. The second-order valence-electron chi connectivity index (χ2n) is 5.03. The zero-order chi connectivity index (χ0) is 16.6. The van der Waals surface area contributed by atoms with Gasteiger partial charge in [-0.1, -0.05) is 17.3 Å². The summed E-state index contributed by atoms with van der Waals surface area (Å²) in [6, 6.07) is 2.71. The van der Waals surface area contributed by atoms with E-state index in [1.807, 2.05) is 6.08 Å². The van der Waals surface area contributed by atoms with E-state index < -0.39 is 12.2 Å². The van der Waals surface area contributed by atoms with Gasteiger partial charge in [-0.15, -0.1) is 0 Å². The summed E-state index contributed by atoms with van der Waals surface area (Å²) >= 11 is 0. The first-order valence-electron chi connectivity index (χ1n) is 6.76. The van der Waals surface area contributed by atoms with Crippen LogP contribution in [0.2, 0.25) is 0 Å². The first kappa shape index (κ1) is 14.8. The predicted octanol–water partition coefficient (Wildman–Crippen LogP) is 1.89. The molecule has 0 amide bonds. The Balaban J connectivity index is 2.05. The average Bonchev–Trinajstić information content (AvgIpc) is 2.90. The summed E-state index contributed by atoms with van der Waals surface area (Å²) < 4.78 is 6.28. The molecule has 0 fully saturated rings. The number of nitrogens with two attached hydrogens (primary N) is 1. The number of pyridine rings is 1. The molecule has 0 saturated heterocycles. The van der Waals surface area contributed by atoms with Crippen LogP contribution in [0.15, 0.2) is 47.4 Å². The van der Waals surface area contributed by atoms with Gasteiger partial charge in [-0.05, 0) is 24.6 Å². The van der Waals surface area contributed by atoms with Gasteiger partial charge >= 0.3 is 6.16 Å². The van der Waals surface area contributed by atoms with Crippen molar-refractivity contribution in [3.05, 3.63) is 47.9 Å². The standard InChI is InChI=1S/C15H14N4O4/c1-8-10(3-4-11(16)14(8)18-22)12-7-19-6-9(23-15(20)21)2-5-13(19)17-12/h2-7,11,22H,16H2,1H3,(H,20,21). The summed E-state index contributed by atoms with van der Waals surface area (Å²) in [5.74, 6) is 0.193. The molecule has 1 aliphatic rings. The van der Waals surface area contributed by atoms with E-state index in [1.54, 1.807) is 29.7 Å². The predicted molar refractivity (Wildman–Crippen MR) is 82.8 cm³/mol. The fourth-order valence-corrected chi connectivity index (χ4v) is 2.49. The highest BCUT2D eigenvalue weighted by atomic mass is 16.7. The molecule has 0 radical (unpaired) electrons. The number of carbonyl (C=O) groups is 1. The molecule has 4 N–H and O–H groups in total. The molecule has 2 aromatic heterocycles. The van der Waals surface area contributed by atoms with Crippen molar-refractivity contribution in [2.75, 3.05) is 0 Å². The Labute approximate surface area is 130 Å². The van der Waals surface area contributed by atoms with Crippen molar-refractivity contribution in [1.29, 1.82) is 0 Å². The molecule has 2 aromatic rings. The second-order valence-corrected chi connectivity index (χ2v) is 5.03. The molecule has 1 unspecified atom stereocenters. The minimum atomic E-state index is -1.38. The van der Waals surface area contributed by atoms with E-state index in [9.17, 15) is 4.79 Å². The Morgan fingerprint density at radius 2 is 2.22 bits per heavy atom. The molecule has 8 nitrogen and oxygen atoms in total. The van der Waals surface area contributed by atoms with E-state index in [4.69, 9.17) is 16.0 Å². The minimum absolute atomic E-state index is 0.193. The molecule has 8 heteroatoms. The molecule has 2 heterocycles. The highest BCUT2D eigenvalue weighted by Gasteiger charge is 2.21. The third-order valence-corrected chi connectivity index (χ3v) is 3.59. The molecule has 0 spiro atoms. The van der Waals surface area contributed by atoms with Crippen LogP contribution in [0.25, 0.3) is 11.2 Å². The van der Waals surface area contributed by atoms with Crippen LogP contribution in [0.4, 0.5) is 4.79 Å². The van der Waals surface area contributed by atoms with Gasteiger partial charge in [-0.3, -0.25) is 0 Å². The molecule has 0 aromatic carbocycles. The number of fused-ring (bicyclic) bond motifs is 1. The fourth-order valence-electron chi connectivity index (χ4n) is 2.49. The molecule has 1 atom stereocenters. The lowest BCUT2D eigenvalue weighted by molar-refractivity contribution is 0.144. The van der Waals surface area contributed by atoms with E-state index in [-0.39, 0.29) is 5.75 Å². The van der Waals surface area contributed by atoms with E-state index in [0.29, 0.717) is 17.1 Å². The number of ether oxygens (including phenoxy) is 1. The Kier molecular flexibility index (Phi) is 3.59. The minimum Gasteiger partial charge on any atom is -0.449 e. The van der Waals surface area contributed by atoms with Crippen LogP contribution in [0.5, 0.6) is 5.75 Å². The Morgan fingerprint density at radius 3 is 2.91 bits per heavy atom. The Bertz CT molecular complexity index is 879. The number of aromatic nitrogens is 2. The molecule has 0 aliphatic heterocycles. The lowest BCUT2D eigenvalue weighted by Crippen LogP contribution is -2.31. The van der Waals surface area contributed by atoms with Crippen molar-refractivity contribution in [2.45, 2.75) is 13.0 Å². The monoisotopic (exact) mass is 314 g/mol. The summed E-state index contributed by atoms with van der Waals surface area (Å²) in [4.78, 5) is 15.1. The number of hydrogen-bond acceptors (Lipinski definition) is 6. The van der Waals surface area contributed by atoms with E-state index in [1.165, 1.54) is 12.3 Å². The van der Waals surface area contributed by atoms with Crippen molar-refractivity contribution in [2.24, 2.45) is 10.9 Å². The van der Waals surface area contributed by atoms with E-state index in [0.717, 1.165) is 11.1 Å². The molecule has 1 aliphatic carbocycles. The summed E-state index contributed by atoms with van der Waals surface area (Å²) in [5.41, 5.74) is 9.03. The number of allylic oxidation sites excluding steroid dienone is 2. The lowest BCUT2D eigenvalue weighted by atomic mass is 9.92. The first-order valence-corrected chi connectivity index (χ1v) is 6.76. The first-order chi connectivity index (χ1) is 11.0. The molecule has 23 heavy (non-hydrogen) atoms. The summed E-state index contributed by atoms with van der Waals surface area (Å²) in [7, 11) is 0. The highest BCUT2D eigenvalue weighted by Crippen LogP contribution is 2.26. The summed E-state index contributed by atoms with van der Waals surface area (Å²) in [5, 5.41) is 21.0. The maximum Gasteiger partial charge on any atom is 0.511 e. The van der Waals surface area contributed by atoms with Gasteiger partial charge in [0.15, 0.2) is 5.75 Å². The van der Waals surface area contributed by atoms with Gasteiger partial charge in [-0.25, -0.2) is 9.78 Å². The Morgan fingerprint density at radius 1 is 1.43 bits per heavy atom. The third kappa shape index (κ3) is 2.67. The number of imidazole rings is 1. The van der Waals surface area contributed by atoms with Crippen molar-refractivity contribution >= 4 is 23.1 Å². The highest BCUT2D eigenvalue weighted by molar-refractivity contribution is 6.12. The SMILES string of the molecule is CC1=C(c2cn3cc(OC(=O)O)ccc3n2)C=CC(N)C1=NO. The second kappa shape index (κ2) is 5.58. The number of oxime groups is 1. The maximum absolute atomic E-state index is 10.6. The van der Waals surface area contributed by atoms with Crippen LogP contribution < -0.4 is 10.5 Å². The number of rotatable bonds is 2. The molecule has 118 valence electrons. The molecule has 0 saturated carbocycles. The van der Waals surface area contributed by atoms with Crippen LogP contribution in [-0.2, 0) is 0 Å². The maximum atomic E-state index is 10.6. The van der Waals surface area contributed by atoms with Gasteiger partial charge < -0.3 is 25.2 Å². The van der Waals surface area contributed by atoms with Gasteiger partial charge in [0.2, 0.25) is 0 Å². The Hall–Kier alpha value is -3.13. The third-order valence-electron chi connectivity index (χ3n) is 3.59. The molecular weight excluding hydrogens is 300 g/mol. The number of hydrogen-bond donors (Lipinski definition) is 3. The van der Waals surface area contributed by atoms with Crippen LogP contribution >= 0.6 is 0 Å². The number of nitrogens with zero attached hydrogens (tertiary/aromatic N) is 3. The lowest BCUT2D eigenvalue weighted by Gasteiger charge is -2.17. The van der Waals surface area contributed by atoms with Gasteiger partial charge in [0.25, 0.3) is 0 Å². The number of carboxylic acid groups (broad SMARTS) is 1. The van der Waals surface area contributed by atoms with Crippen LogP contribution in [-0.4, -0.2) is 37.6 Å². The molecule has 0 bridgehead atoms. The zero-order valence-electron chi connectivity index (χ0n) is 12.2. The molecular formula is C15H14N4O4. The quantitative estimate of drug-likeness (QED) is 0.442. The molecule has 3 rings (SSSR count). The summed E-state index contributed by atoms with van der Waals surface area (Å²) in [6.45, 7) is 1.80. The van der Waals surface area contributed by atoms with Crippen molar-refractivity contribution in [1.82, 2.24) is 9.38 Å². The van der Waals surface area contributed by atoms with E-state index >= 15 is 0 Å². The zero-order valence-corrected chi connectivity index (χ0v) is 12.2. The summed E-state index contributed by atoms with van der Waals surface area (Å²) in [6.07, 6.45) is 5.43. The fraction of sp³-hybridized carbons (Fsp3) is 0.133. The van der Waals surface area contributed by atoms with Crippen molar-refractivity contribution < 1.29 is 19.8 Å². The van der Waals surface area contributed by atoms with Crippen LogP contribution in [0, 0.1) is 0 Å². The topological polar surface area (TPSA) is 122 Å². The van der Waals surface area contributed by atoms with E-state index in [2.05, 4.69) is 14.9 Å². The van der Waals surface area contributed by atoms with Crippen LogP contribution in [0.3, 0.4) is 0 Å². The van der Waals surface area contributed by atoms with Gasteiger partial charge in [0.1, 0.15) is 11.4 Å². The van der Waals surface area contributed by atoms with Gasteiger partial charge in [0.05, 0.1) is 17.9 Å². The average molecular weight is 314 g/mol. The smallest absolute Gasteiger partial charge is 0.449 e. The van der Waals surface area contributed by atoms with Gasteiger partial charge in [-0.2, -0.15) is 0 Å².